The number of fused-ring (bicyclic) bond motifs is 4. The van der Waals surface area contributed by atoms with Gasteiger partial charge in [-0.05, 0) is 63.6 Å². The number of nitro groups is 1. The number of rotatable bonds is 4. The van der Waals surface area contributed by atoms with E-state index >= 15 is 0 Å². The molecule has 0 radical (unpaired) electrons. The summed E-state index contributed by atoms with van der Waals surface area (Å²) in [5, 5.41) is 13.9. The van der Waals surface area contributed by atoms with E-state index in [0.717, 1.165) is 25.2 Å². The number of hydrogen-bond acceptors (Lipinski definition) is 5. The summed E-state index contributed by atoms with van der Waals surface area (Å²) < 4.78 is 3.15. The van der Waals surface area contributed by atoms with E-state index in [1.807, 2.05) is 55.8 Å². The van der Waals surface area contributed by atoms with Crippen molar-refractivity contribution < 1.29 is 9.72 Å². The molecule has 1 saturated heterocycles. The zero-order chi connectivity index (χ0) is 20.7. The predicted molar refractivity (Wildman–Crippen MR) is 125 cm³/mol. The van der Waals surface area contributed by atoms with Crippen LogP contribution in [-0.4, -0.2) is 39.9 Å². The maximum atomic E-state index is 12.7. The minimum absolute atomic E-state index is 0.00885. The Balaban J connectivity index is 1.45. The van der Waals surface area contributed by atoms with Crippen molar-refractivity contribution in [1.82, 2.24) is 9.47 Å². The van der Waals surface area contributed by atoms with Gasteiger partial charge in [-0.25, -0.2) is 0 Å². The summed E-state index contributed by atoms with van der Waals surface area (Å²) >= 11 is 4.01. The van der Waals surface area contributed by atoms with Crippen molar-refractivity contribution in [3.63, 3.8) is 0 Å². The van der Waals surface area contributed by atoms with Gasteiger partial charge in [0.15, 0.2) is 0 Å². The zero-order valence-corrected chi connectivity index (χ0v) is 19.6. The molecule has 2 aromatic rings. The Bertz CT molecular complexity index is 1030. The third-order valence-electron chi connectivity index (χ3n) is 5.42. The third kappa shape index (κ3) is 4.33. The largest absolute Gasteiger partial charge is 0.323 e. The number of carbonyl (C=O) groups excluding carboxylic acids is 1. The summed E-state index contributed by atoms with van der Waals surface area (Å²) in [6, 6.07) is 8.33. The van der Waals surface area contributed by atoms with E-state index in [0.29, 0.717) is 25.3 Å². The fourth-order valence-corrected chi connectivity index (χ4v) is 6.30. The van der Waals surface area contributed by atoms with Crippen LogP contribution in [0.5, 0.6) is 0 Å². The highest BCUT2D eigenvalue weighted by Crippen LogP contribution is 2.35. The summed E-state index contributed by atoms with van der Waals surface area (Å²) in [5.41, 5.74) is 1.72. The van der Waals surface area contributed by atoms with Gasteiger partial charge in [-0.15, -0.1) is 0 Å². The Morgan fingerprint density at radius 2 is 1.93 bits per heavy atom. The summed E-state index contributed by atoms with van der Waals surface area (Å²) in [5.74, 6) is 0.470. The van der Waals surface area contributed by atoms with Crippen molar-refractivity contribution in [2.24, 2.45) is 5.92 Å². The van der Waals surface area contributed by atoms with Gasteiger partial charge in [0.25, 0.3) is 11.2 Å². The molecule has 2 bridgehead atoms. The van der Waals surface area contributed by atoms with Crippen LogP contribution in [0.4, 0.5) is 11.4 Å². The standard InChI is InChI=1S/C19H18I2N4O4/c20-14-5-13(25(28)29)6-15(21)19(14)22-17(26)10-23-7-11-4-12(9-23)16-2-1-3-18(27)24(16)8-11/h1-3,5-6,11-12H,4,7-10H2,(H,22,26)/t11-,12-/m0/s1. The first-order valence-corrected chi connectivity index (χ1v) is 11.3. The quantitative estimate of drug-likeness (QED) is 0.322. The van der Waals surface area contributed by atoms with Gasteiger partial charge in [0.2, 0.25) is 5.91 Å². The molecule has 8 nitrogen and oxygen atoms in total. The van der Waals surface area contributed by atoms with Crippen molar-refractivity contribution in [2.75, 3.05) is 25.0 Å². The van der Waals surface area contributed by atoms with Gasteiger partial charge in [0.05, 0.1) is 17.2 Å². The molecule has 152 valence electrons. The number of likely N-dealkylation sites (tertiary alicyclic amines) is 1. The minimum atomic E-state index is -0.439. The van der Waals surface area contributed by atoms with Crippen LogP contribution in [0.2, 0.25) is 0 Å². The minimum Gasteiger partial charge on any atom is -0.323 e. The molecule has 10 heteroatoms. The number of nitrogens with zero attached hydrogens (tertiary/aromatic N) is 3. The Kier molecular flexibility index (Phi) is 5.93. The Hall–Kier alpha value is -1.54. The van der Waals surface area contributed by atoms with Crippen molar-refractivity contribution >= 4 is 62.5 Å². The number of aromatic nitrogens is 1. The normalized spacial score (nSPS) is 20.8. The van der Waals surface area contributed by atoms with E-state index in [9.17, 15) is 19.7 Å². The maximum absolute atomic E-state index is 12.7. The molecule has 4 rings (SSSR count). The highest BCUT2D eigenvalue weighted by molar-refractivity contribution is 14.1. The molecule has 1 amide bonds. The van der Waals surface area contributed by atoms with Crippen molar-refractivity contribution in [2.45, 2.75) is 18.9 Å². The molecule has 3 heterocycles. The van der Waals surface area contributed by atoms with E-state index in [2.05, 4.69) is 10.2 Å². The maximum Gasteiger partial charge on any atom is 0.271 e. The molecule has 29 heavy (non-hydrogen) atoms. The van der Waals surface area contributed by atoms with Crippen LogP contribution in [0, 0.1) is 23.2 Å². The molecule has 0 unspecified atom stereocenters. The number of piperidine rings is 1. The number of nitro benzene ring substituents is 1. The Morgan fingerprint density at radius 1 is 1.21 bits per heavy atom. The van der Waals surface area contributed by atoms with E-state index in [4.69, 9.17) is 0 Å². The lowest BCUT2D eigenvalue weighted by molar-refractivity contribution is -0.385. The van der Waals surface area contributed by atoms with Gasteiger partial charge in [0.1, 0.15) is 0 Å². The lowest BCUT2D eigenvalue weighted by atomic mass is 9.83. The molecule has 1 N–H and O–H groups in total. The van der Waals surface area contributed by atoms with Crippen LogP contribution < -0.4 is 10.9 Å². The highest BCUT2D eigenvalue weighted by atomic mass is 127. The number of amides is 1. The lowest BCUT2D eigenvalue weighted by Crippen LogP contribution is -2.49. The molecule has 2 atom stereocenters. The second-order valence-electron chi connectivity index (χ2n) is 7.48. The van der Waals surface area contributed by atoms with Crippen LogP contribution in [0.15, 0.2) is 35.1 Å². The molecule has 1 aromatic carbocycles. The average Bonchev–Trinajstić information content (AvgIpc) is 2.65. The smallest absolute Gasteiger partial charge is 0.271 e. The highest BCUT2D eigenvalue weighted by Gasteiger charge is 2.35. The fourth-order valence-electron chi connectivity index (χ4n) is 4.29. The number of pyridine rings is 1. The number of carbonyl (C=O) groups is 1. The van der Waals surface area contributed by atoms with Gasteiger partial charge in [-0.3, -0.25) is 24.6 Å². The molecule has 2 aliphatic rings. The second-order valence-corrected chi connectivity index (χ2v) is 9.81. The van der Waals surface area contributed by atoms with Crippen LogP contribution in [0.3, 0.4) is 0 Å². The molecular formula is C19H18I2N4O4. The van der Waals surface area contributed by atoms with Crippen molar-refractivity contribution in [1.29, 1.82) is 0 Å². The van der Waals surface area contributed by atoms with E-state index in [1.54, 1.807) is 12.1 Å². The van der Waals surface area contributed by atoms with Crippen LogP contribution in [-0.2, 0) is 11.3 Å². The average molecular weight is 620 g/mol. The topological polar surface area (TPSA) is 97.5 Å². The van der Waals surface area contributed by atoms with Gasteiger partial charge in [0, 0.05) is 56.6 Å². The first-order valence-electron chi connectivity index (χ1n) is 9.17. The fraction of sp³-hybridized carbons (Fsp3) is 0.368. The van der Waals surface area contributed by atoms with Crippen LogP contribution in [0.1, 0.15) is 18.0 Å². The van der Waals surface area contributed by atoms with Gasteiger partial charge >= 0.3 is 0 Å². The number of benzene rings is 1. The molecule has 0 aliphatic carbocycles. The first-order chi connectivity index (χ1) is 13.8. The number of anilines is 1. The molecule has 2 aliphatic heterocycles. The SMILES string of the molecule is O=C(CN1C[C@@H]2C[C@@H](C1)c1cccc(=O)n1C2)Nc1c(I)cc([N+](=O)[O-])cc1I. The number of non-ortho nitro benzene ring substituents is 1. The number of hydrogen-bond donors (Lipinski definition) is 1. The van der Waals surface area contributed by atoms with E-state index < -0.39 is 4.92 Å². The van der Waals surface area contributed by atoms with Gasteiger partial charge in [-0.1, -0.05) is 6.07 Å². The van der Waals surface area contributed by atoms with Crippen molar-refractivity contribution in [3.05, 3.63) is 63.6 Å². The molecule has 0 spiro atoms. The van der Waals surface area contributed by atoms with Gasteiger partial charge in [-0.2, -0.15) is 0 Å². The summed E-state index contributed by atoms with van der Waals surface area (Å²) in [7, 11) is 0. The van der Waals surface area contributed by atoms with E-state index in [-0.39, 0.29) is 29.6 Å². The van der Waals surface area contributed by atoms with Gasteiger partial charge < -0.3 is 9.88 Å². The Morgan fingerprint density at radius 3 is 2.62 bits per heavy atom. The second kappa shape index (κ2) is 8.30. The lowest BCUT2D eigenvalue weighted by Gasteiger charge is -2.42. The third-order valence-corrected chi connectivity index (χ3v) is 7.13. The monoisotopic (exact) mass is 620 g/mol. The summed E-state index contributed by atoms with van der Waals surface area (Å²) in [6.45, 7) is 2.47. The Labute approximate surface area is 194 Å². The number of nitrogens with one attached hydrogen (secondary N) is 1. The molecule has 1 fully saturated rings. The zero-order valence-electron chi connectivity index (χ0n) is 15.3. The van der Waals surface area contributed by atoms with Crippen LogP contribution in [0.25, 0.3) is 0 Å². The first kappa shape index (κ1) is 20.7. The molecular weight excluding hydrogens is 602 g/mol. The van der Waals surface area contributed by atoms with Crippen molar-refractivity contribution in [3.8, 4) is 0 Å². The summed E-state index contributed by atoms with van der Waals surface area (Å²) in [6.07, 6.45) is 1.04. The van der Waals surface area contributed by atoms with E-state index in [1.165, 1.54) is 12.1 Å². The predicted octanol–water partition coefficient (Wildman–Crippen LogP) is 3.02. The summed E-state index contributed by atoms with van der Waals surface area (Å²) in [4.78, 5) is 37.5. The van der Waals surface area contributed by atoms with Crippen LogP contribution >= 0.6 is 45.2 Å². The molecule has 0 saturated carbocycles. The number of halogens is 2. The molecule has 1 aromatic heterocycles.